The topological polar surface area (TPSA) is 87.7 Å². The van der Waals surface area contributed by atoms with Crippen LogP contribution in [0.25, 0.3) is 11.4 Å². The molecule has 6 heteroatoms. The maximum absolute atomic E-state index is 12.4. The summed E-state index contributed by atoms with van der Waals surface area (Å²) in [4.78, 5) is 36.0. The van der Waals surface area contributed by atoms with E-state index in [0.29, 0.717) is 35.8 Å². The van der Waals surface area contributed by atoms with Crippen LogP contribution in [0, 0.1) is 12.8 Å². The Bertz CT molecular complexity index is 816. The molecule has 1 amide bonds. The van der Waals surface area contributed by atoms with Gasteiger partial charge in [-0.1, -0.05) is 19.8 Å². The number of pyridine rings is 1. The second kappa shape index (κ2) is 8.25. The minimum absolute atomic E-state index is 0.0146. The Labute approximate surface area is 153 Å². The number of aromatic nitrogens is 3. The van der Waals surface area contributed by atoms with Gasteiger partial charge in [0, 0.05) is 41.7 Å². The molecule has 1 fully saturated rings. The summed E-state index contributed by atoms with van der Waals surface area (Å²) in [7, 11) is 0. The number of hydrogen-bond acceptors (Lipinski definition) is 4. The lowest BCUT2D eigenvalue weighted by Crippen LogP contribution is -2.41. The van der Waals surface area contributed by atoms with Crippen molar-refractivity contribution in [3.63, 3.8) is 0 Å². The molecule has 0 spiro atoms. The number of aryl methyl sites for hydroxylation is 1. The van der Waals surface area contributed by atoms with Crippen LogP contribution in [0.1, 0.15) is 50.3 Å². The zero-order chi connectivity index (χ0) is 18.5. The van der Waals surface area contributed by atoms with Crippen LogP contribution in [-0.2, 0) is 11.2 Å². The van der Waals surface area contributed by atoms with E-state index in [1.165, 1.54) is 19.3 Å². The van der Waals surface area contributed by atoms with E-state index in [1.807, 2.05) is 6.92 Å². The minimum Gasteiger partial charge on any atom is -0.353 e. The van der Waals surface area contributed by atoms with Gasteiger partial charge in [0.2, 0.25) is 5.91 Å². The number of H-pyrrole nitrogens is 1. The molecule has 3 rings (SSSR count). The van der Waals surface area contributed by atoms with Crippen LogP contribution in [0.2, 0.25) is 0 Å². The molecule has 2 unspecified atom stereocenters. The highest BCUT2D eigenvalue weighted by molar-refractivity contribution is 5.76. The van der Waals surface area contributed by atoms with Gasteiger partial charge in [0.05, 0.1) is 0 Å². The number of aromatic amines is 1. The monoisotopic (exact) mass is 354 g/mol. The molecule has 2 N–H and O–H groups in total. The van der Waals surface area contributed by atoms with Crippen LogP contribution in [0.15, 0.2) is 29.3 Å². The quantitative estimate of drug-likeness (QED) is 0.864. The molecule has 6 nitrogen and oxygen atoms in total. The van der Waals surface area contributed by atoms with Crippen LogP contribution in [0.5, 0.6) is 0 Å². The van der Waals surface area contributed by atoms with E-state index in [9.17, 15) is 9.59 Å². The molecule has 1 aliphatic carbocycles. The maximum Gasteiger partial charge on any atom is 0.254 e. The first-order valence-corrected chi connectivity index (χ1v) is 9.34. The van der Waals surface area contributed by atoms with E-state index < -0.39 is 0 Å². The summed E-state index contributed by atoms with van der Waals surface area (Å²) in [5.74, 6) is 1.07. The first kappa shape index (κ1) is 18.3. The summed E-state index contributed by atoms with van der Waals surface area (Å²) in [6.45, 7) is 4.01. The van der Waals surface area contributed by atoms with Crippen molar-refractivity contribution in [1.82, 2.24) is 20.3 Å². The maximum atomic E-state index is 12.4. The van der Waals surface area contributed by atoms with Crippen LogP contribution in [-0.4, -0.2) is 26.9 Å². The molecule has 26 heavy (non-hydrogen) atoms. The third-order valence-electron chi connectivity index (χ3n) is 5.24. The number of nitrogens with one attached hydrogen (secondary N) is 2. The van der Waals surface area contributed by atoms with Gasteiger partial charge in [-0.3, -0.25) is 14.6 Å². The number of rotatable bonds is 5. The number of carbonyl (C=O) groups is 1. The van der Waals surface area contributed by atoms with Gasteiger partial charge in [0.15, 0.2) is 0 Å². The molecule has 2 aromatic heterocycles. The molecule has 1 saturated carbocycles. The van der Waals surface area contributed by atoms with Gasteiger partial charge in [-0.2, -0.15) is 0 Å². The zero-order valence-electron chi connectivity index (χ0n) is 15.4. The van der Waals surface area contributed by atoms with Gasteiger partial charge in [0.25, 0.3) is 5.56 Å². The van der Waals surface area contributed by atoms with Crippen molar-refractivity contribution in [1.29, 1.82) is 0 Å². The number of nitrogens with zero attached hydrogens (tertiary/aromatic N) is 2. The highest BCUT2D eigenvalue weighted by atomic mass is 16.1. The first-order chi connectivity index (χ1) is 12.5. The Morgan fingerprint density at radius 3 is 2.69 bits per heavy atom. The molecule has 0 saturated heterocycles. The summed E-state index contributed by atoms with van der Waals surface area (Å²) in [5, 5.41) is 3.14. The van der Waals surface area contributed by atoms with Gasteiger partial charge >= 0.3 is 0 Å². The van der Waals surface area contributed by atoms with Crippen molar-refractivity contribution >= 4 is 5.91 Å². The van der Waals surface area contributed by atoms with Gasteiger partial charge in [0.1, 0.15) is 5.82 Å². The standard InChI is InChI=1S/C20H26N4O2/c1-13-5-3-4-6-17(13)23-18(25)8-7-16-14(2)22-19(24-20(16)26)15-9-11-21-12-10-15/h9-13,17H,3-8H2,1-2H3,(H,23,25)(H,22,24,26). The SMILES string of the molecule is Cc1nc(-c2ccncc2)[nH]c(=O)c1CCC(=O)NC1CCCCC1C. The Kier molecular flexibility index (Phi) is 5.81. The van der Waals surface area contributed by atoms with Crippen LogP contribution >= 0.6 is 0 Å². The molecule has 0 aliphatic heterocycles. The van der Waals surface area contributed by atoms with Crippen LogP contribution in [0.4, 0.5) is 0 Å². The Balaban J connectivity index is 1.65. The molecule has 1 aliphatic rings. The van der Waals surface area contributed by atoms with E-state index in [4.69, 9.17) is 0 Å². The van der Waals surface area contributed by atoms with E-state index >= 15 is 0 Å². The summed E-state index contributed by atoms with van der Waals surface area (Å²) in [6, 6.07) is 3.87. The van der Waals surface area contributed by atoms with E-state index in [1.54, 1.807) is 24.5 Å². The molecule has 0 bridgehead atoms. The van der Waals surface area contributed by atoms with E-state index in [-0.39, 0.29) is 17.5 Å². The predicted octanol–water partition coefficient (Wildman–Crippen LogP) is 2.77. The predicted molar refractivity (Wildman–Crippen MR) is 101 cm³/mol. The van der Waals surface area contributed by atoms with Crippen LogP contribution < -0.4 is 10.9 Å². The lowest BCUT2D eigenvalue weighted by Gasteiger charge is -2.29. The van der Waals surface area contributed by atoms with Crippen molar-refractivity contribution in [2.45, 2.75) is 58.4 Å². The highest BCUT2D eigenvalue weighted by Gasteiger charge is 2.22. The Hall–Kier alpha value is -2.50. The largest absolute Gasteiger partial charge is 0.353 e. The fourth-order valence-corrected chi connectivity index (χ4v) is 3.60. The first-order valence-electron chi connectivity index (χ1n) is 9.34. The molecular weight excluding hydrogens is 328 g/mol. The molecule has 138 valence electrons. The van der Waals surface area contributed by atoms with Gasteiger partial charge < -0.3 is 10.3 Å². The lowest BCUT2D eigenvalue weighted by molar-refractivity contribution is -0.122. The summed E-state index contributed by atoms with van der Waals surface area (Å²) < 4.78 is 0. The van der Waals surface area contributed by atoms with Crippen molar-refractivity contribution in [3.05, 3.63) is 46.1 Å². The summed E-state index contributed by atoms with van der Waals surface area (Å²) >= 11 is 0. The second-order valence-electron chi connectivity index (χ2n) is 7.15. The van der Waals surface area contributed by atoms with Gasteiger partial charge in [-0.15, -0.1) is 0 Å². The number of hydrogen-bond donors (Lipinski definition) is 2. The molecule has 2 heterocycles. The Morgan fingerprint density at radius 1 is 1.27 bits per heavy atom. The highest BCUT2D eigenvalue weighted by Crippen LogP contribution is 2.23. The summed E-state index contributed by atoms with van der Waals surface area (Å²) in [5.41, 5.74) is 1.88. The average molecular weight is 354 g/mol. The normalized spacial score (nSPS) is 19.9. The zero-order valence-corrected chi connectivity index (χ0v) is 15.4. The van der Waals surface area contributed by atoms with Crippen molar-refractivity contribution < 1.29 is 4.79 Å². The molecule has 2 aromatic rings. The van der Waals surface area contributed by atoms with Crippen molar-refractivity contribution in [2.75, 3.05) is 0 Å². The molecule has 2 atom stereocenters. The third kappa shape index (κ3) is 4.36. The van der Waals surface area contributed by atoms with E-state index in [2.05, 4.69) is 27.2 Å². The number of amides is 1. The van der Waals surface area contributed by atoms with Crippen LogP contribution in [0.3, 0.4) is 0 Å². The number of carbonyl (C=O) groups excluding carboxylic acids is 1. The smallest absolute Gasteiger partial charge is 0.254 e. The average Bonchev–Trinajstić information content (AvgIpc) is 2.63. The summed E-state index contributed by atoms with van der Waals surface area (Å²) in [6.07, 6.45) is 8.68. The lowest BCUT2D eigenvalue weighted by atomic mass is 9.86. The Morgan fingerprint density at radius 2 is 2.00 bits per heavy atom. The fourth-order valence-electron chi connectivity index (χ4n) is 3.60. The molecule has 0 aromatic carbocycles. The van der Waals surface area contributed by atoms with Crippen molar-refractivity contribution in [3.8, 4) is 11.4 Å². The molecule has 0 radical (unpaired) electrons. The minimum atomic E-state index is -0.178. The van der Waals surface area contributed by atoms with E-state index in [0.717, 1.165) is 12.0 Å². The van der Waals surface area contributed by atoms with Gasteiger partial charge in [-0.25, -0.2) is 4.98 Å². The fraction of sp³-hybridized carbons (Fsp3) is 0.500. The van der Waals surface area contributed by atoms with Gasteiger partial charge in [-0.05, 0) is 44.2 Å². The molecular formula is C20H26N4O2. The second-order valence-corrected chi connectivity index (χ2v) is 7.15. The third-order valence-corrected chi connectivity index (χ3v) is 5.24. The van der Waals surface area contributed by atoms with Crippen molar-refractivity contribution in [2.24, 2.45) is 5.92 Å².